The molecule has 2 aromatic rings. The smallest absolute Gasteiger partial charge is 0.220 e. The average molecular weight is 359 g/mol. The molecule has 0 aliphatic heterocycles. The van der Waals surface area contributed by atoms with Crippen molar-refractivity contribution in [2.75, 3.05) is 27.4 Å². The Hall–Kier alpha value is -2.73. The van der Waals surface area contributed by atoms with Crippen molar-refractivity contribution in [3.8, 4) is 17.2 Å². The van der Waals surface area contributed by atoms with Crippen molar-refractivity contribution >= 4 is 5.91 Å². The van der Waals surface area contributed by atoms with E-state index in [1.54, 1.807) is 25.3 Å². The first-order valence-electron chi connectivity index (χ1n) is 8.48. The third-order valence-corrected chi connectivity index (χ3v) is 3.85. The maximum Gasteiger partial charge on any atom is 0.220 e. The van der Waals surface area contributed by atoms with Gasteiger partial charge in [-0.05, 0) is 36.2 Å². The molecule has 0 radical (unpaired) electrons. The maximum atomic E-state index is 11.9. The number of ether oxygens (including phenoxy) is 3. The number of benzene rings is 2. The van der Waals surface area contributed by atoms with Gasteiger partial charge in [-0.2, -0.15) is 0 Å². The number of carbonyl (C=O) groups is 1. The molecule has 140 valence electrons. The molecule has 6 heteroatoms. The van der Waals surface area contributed by atoms with Crippen molar-refractivity contribution < 1.29 is 24.1 Å². The Morgan fingerprint density at radius 2 is 1.81 bits per heavy atom. The van der Waals surface area contributed by atoms with Gasteiger partial charge < -0.3 is 24.6 Å². The SMILES string of the molecule is COc1ccc(C(O)CNC(=O)CCCOc2ccccc2)cc1OC. The van der Waals surface area contributed by atoms with Crippen LogP contribution in [0.3, 0.4) is 0 Å². The lowest BCUT2D eigenvalue weighted by molar-refractivity contribution is -0.121. The lowest BCUT2D eigenvalue weighted by Gasteiger charge is -2.15. The van der Waals surface area contributed by atoms with Crippen molar-refractivity contribution in [1.82, 2.24) is 5.32 Å². The quantitative estimate of drug-likeness (QED) is 0.638. The number of hydrogen-bond donors (Lipinski definition) is 2. The third kappa shape index (κ3) is 5.97. The van der Waals surface area contributed by atoms with Crippen LogP contribution in [0.5, 0.6) is 17.2 Å². The van der Waals surface area contributed by atoms with Gasteiger partial charge >= 0.3 is 0 Å². The van der Waals surface area contributed by atoms with Crippen LogP contribution in [0.2, 0.25) is 0 Å². The molecule has 2 aromatic carbocycles. The van der Waals surface area contributed by atoms with E-state index in [0.29, 0.717) is 36.5 Å². The number of methoxy groups -OCH3 is 2. The summed E-state index contributed by atoms with van der Waals surface area (Å²) in [4.78, 5) is 11.9. The molecule has 0 spiro atoms. The van der Waals surface area contributed by atoms with Gasteiger partial charge in [0.1, 0.15) is 5.75 Å². The highest BCUT2D eigenvalue weighted by atomic mass is 16.5. The van der Waals surface area contributed by atoms with Gasteiger partial charge in [0, 0.05) is 13.0 Å². The van der Waals surface area contributed by atoms with Gasteiger partial charge in [0.15, 0.2) is 11.5 Å². The highest BCUT2D eigenvalue weighted by Crippen LogP contribution is 2.29. The Balaban J connectivity index is 1.71. The number of aliphatic hydroxyl groups excluding tert-OH is 1. The third-order valence-electron chi connectivity index (χ3n) is 3.85. The molecular weight excluding hydrogens is 334 g/mol. The largest absolute Gasteiger partial charge is 0.494 e. The molecule has 0 bridgehead atoms. The Bertz CT molecular complexity index is 690. The van der Waals surface area contributed by atoms with Crippen LogP contribution in [0.25, 0.3) is 0 Å². The van der Waals surface area contributed by atoms with Crippen molar-refractivity contribution in [3.05, 3.63) is 54.1 Å². The second-order valence-electron chi connectivity index (χ2n) is 5.70. The molecule has 26 heavy (non-hydrogen) atoms. The first-order valence-corrected chi connectivity index (χ1v) is 8.48. The first-order chi connectivity index (χ1) is 12.6. The summed E-state index contributed by atoms with van der Waals surface area (Å²) in [5.41, 5.74) is 0.648. The first kappa shape index (κ1) is 19.6. The van der Waals surface area contributed by atoms with Gasteiger partial charge in [-0.3, -0.25) is 4.79 Å². The van der Waals surface area contributed by atoms with Crippen LogP contribution in [0.15, 0.2) is 48.5 Å². The number of amides is 1. The van der Waals surface area contributed by atoms with Crippen molar-refractivity contribution in [2.24, 2.45) is 0 Å². The van der Waals surface area contributed by atoms with Crippen molar-refractivity contribution in [1.29, 1.82) is 0 Å². The van der Waals surface area contributed by atoms with Gasteiger partial charge in [0.2, 0.25) is 5.91 Å². The lowest BCUT2D eigenvalue weighted by atomic mass is 10.1. The second kappa shape index (κ2) is 10.3. The topological polar surface area (TPSA) is 77.0 Å². The van der Waals surface area contributed by atoms with Gasteiger partial charge in [-0.25, -0.2) is 0 Å². The van der Waals surface area contributed by atoms with E-state index in [9.17, 15) is 9.90 Å². The molecule has 0 aromatic heterocycles. The van der Waals surface area contributed by atoms with Gasteiger partial charge in [0.25, 0.3) is 0 Å². The van der Waals surface area contributed by atoms with Gasteiger partial charge in [-0.1, -0.05) is 24.3 Å². The van der Waals surface area contributed by atoms with E-state index >= 15 is 0 Å². The summed E-state index contributed by atoms with van der Waals surface area (Å²) in [6, 6.07) is 14.6. The summed E-state index contributed by atoms with van der Waals surface area (Å²) in [5, 5.41) is 13.0. The fraction of sp³-hybridized carbons (Fsp3) is 0.350. The van der Waals surface area contributed by atoms with Crippen LogP contribution in [-0.4, -0.2) is 38.4 Å². The number of carbonyl (C=O) groups excluding carboxylic acids is 1. The molecule has 1 atom stereocenters. The fourth-order valence-corrected chi connectivity index (χ4v) is 2.42. The van der Waals surface area contributed by atoms with E-state index in [1.165, 1.54) is 7.11 Å². The van der Waals surface area contributed by atoms with Crippen LogP contribution in [0.1, 0.15) is 24.5 Å². The molecule has 0 fully saturated rings. The molecular formula is C20H25NO5. The number of para-hydroxylation sites is 1. The predicted molar refractivity (Wildman–Crippen MR) is 98.7 cm³/mol. The molecule has 2 rings (SSSR count). The Morgan fingerprint density at radius 3 is 2.50 bits per heavy atom. The van der Waals surface area contributed by atoms with Gasteiger partial charge in [-0.15, -0.1) is 0 Å². The summed E-state index contributed by atoms with van der Waals surface area (Å²) in [5.74, 6) is 1.79. The number of hydrogen-bond acceptors (Lipinski definition) is 5. The van der Waals surface area contributed by atoms with Crippen LogP contribution in [0, 0.1) is 0 Å². The minimum Gasteiger partial charge on any atom is -0.494 e. The van der Waals surface area contributed by atoms with E-state index in [0.717, 1.165) is 5.75 Å². The van der Waals surface area contributed by atoms with Crippen molar-refractivity contribution in [3.63, 3.8) is 0 Å². The summed E-state index contributed by atoms with van der Waals surface area (Å²) < 4.78 is 15.9. The highest BCUT2D eigenvalue weighted by molar-refractivity contribution is 5.75. The molecule has 0 aliphatic rings. The zero-order valence-corrected chi connectivity index (χ0v) is 15.1. The standard InChI is InChI=1S/C20H25NO5/c1-24-18-11-10-15(13-19(18)25-2)17(22)14-21-20(23)9-6-12-26-16-7-4-3-5-8-16/h3-5,7-8,10-11,13,17,22H,6,9,12,14H2,1-2H3,(H,21,23). The van der Waals surface area contributed by atoms with Crippen LogP contribution < -0.4 is 19.5 Å². The average Bonchev–Trinajstić information content (AvgIpc) is 2.69. The molecule has 1 amide bonds. The van der Waals surface area contributed by atoms with E-state index in [4.69, 9.17) is 14.2 Å². The molecule has 0 aliphatic carbocycles. The number of rotatable bonds is 10. The number of aliphatic hydroxyl groups is 1. The van der Waals surface area contributed by atoms with Crippen LogP contribution in [0.4, 0.5) is 0 Å². The van der Waals surface area contributed by atoms with Crippen LogP contribution in [-0.2, 0) is 4.79 Å². The van der Waals surface area contributed by atoms with E-state index in [2.05, 4.69) is 5.32 Å². The Kier molecular flexibility index (Phi) is 7.76. The van der Waals surface area contributed by atoms with E-state index < -0.39 is 6.10 Å². The fourth-order valence-electron chi connectivity index (χ4n) is 2.42. The molecule has 0 saturated heterocycles. The molecule has 0 saturated carbocycles. The molecule has 6 nitrogen and oxygen atoms in total. The summed E-state index contributed by atoms with van der Waals surface area (Å²) in [6.07, 6.45) is 0.123. The van der Waals surface area contributed by atoms with E-state index in [1.807, 2.05) is 30.3 Å². The zero-order valence-electron chi connectivity index (χ0n) is 15.1. The summed E-state index contributed by atoms with van der Waals surface area (Å²) in [7, 11) is 3.09. The second-order valence-corrected chi connectivity index (χ2v) is 5.70. The Labute approximate surface area is 153 Å². The van der Waals surface area contributed by atoms with Crippen molar-refractivity contribution in [2.45, 2.75) is 18.9 Å². The van der Waals surface area contributed by atoms with E-state index in [-0.39, 0.29) is 12.5 Å². The Morgan fingerprint density at radius 1 is 1.08 bits per heavy atom. The minimum absolute atomic E-state index is 0.124. The maximum absolute atomic E-state index is 11.9. The van der Waals surface area contributed by atoms with Crippen LogP contribution >= 0.6 is 0 Å². The summed E-state index contributed by atoms with van der Waals surface area (Å²) in [6.45, 7) is 0.601. The number of nitrogens with one attached hydrogen (secondary N) is 1. The summed E-state index contributed by atoms with van der Waals surface area (Å²) >= 11 is 0. The van der Waals surface area contributed by atoms with Gasteiger partial charge in [0.05, 0.1) is 26.9 Å². The zero-order chi connectivity index (χ0) is 18.8. The minimum atomic E-state index is -0.820. The monoisotopic (exact) mass is 359 g/mol. The lowest BCUT2D eigenvalue weighted by Crippen LogP contribution is -2.28. The normalized spacial score (nSPS) is 11.5. The molecule has 2 N–H and O–H groups in total. The highest BCUT2D eigenvalue weighted by Gasteiger charge is 2.13. The molecule has 0 heterocycles. The molecule has 1 unspecified atom stereocenters. The predicted octanol–water partition coefficient (Wildman–Crippen LogP) is 2.71.